The van der Waals surface area contributed by atoms with Gasteiger partial charge >= 0.3 is 0 Å². The van der Waals surface area contributed by atoms with E-state index in [2.05, 4.69) is 27.4 Å². The molecule has 4 aromatic rings. The monoisotopic (exact) mass is 523 g/mol. The predicted molar refractivity (Wildman–Crippen MR) is 145 cm³/mol. The number of nitrogens with zero attached hydrogens (tertiary/aromatic N) is 8. The van der Waals surface area contributed by atoms with Crippen molar-refractivity contribution in [1.29, 1.82) is 10.5 Å². The lowest BCUT2D eigenvalue weighted by molar-refractivity contribution is 0.230. The second kappa shape index (κ2) is 10.8. The van der Waals surface area contributed by atoms with Crippen molar-refractivity contribution in [3.05, 3.63) is 71.6 Å². The lowest BCUT2D eigenvalue weighted by atomic mass is 10.0. The zero-order valence-corrected chi connectivity index (χ0v) is 21.5. The van der Waals surface area contributed by atoms with E-state index in [1.54, 1.807) is 40.1 Å². The van der Waals surface area contributed by atoms with Crippen LogP contribution in [0.15, 0.2) is 59.1 Å². The van der Waals surface area contributed by atoms with Crippen molar-refractivity contribution in [2.24, 2.45) is 15.9 Å². The first-order valence-electron chi connectivity index (χ1n) is 12.5. The minimum absolute atomic E-state index is 0.0596. The highest BCUT2D eigenvalue weighted by Crippen LogP contribution is 2.32. The number of hydrazone groups is 1. The molecule has 0 aliphatic carbocycles. The van der Waals surface area contributed by atoms with Crippen LogP contribution in [0.3, 0.4) is 0 Å². The van der Waals surface area contributed by atoms with E-state index in [0.717, 1.165) is 23.8 Å². The molecule has 0 amide bonds. The van der Waals surface area contributed by atoms with Gasteiger partial charge in [-0.3, -0.25) is 9.98 Å². The Morgan fingerprint density at radius 2 is 2.00 bits per heavy atom. The molecule has 5 rings (SSSR count). The van der Waals surface area contributed by atoms with Crippen LogP contribution in [0.1, 0.15) is 49.5 Å². The summed E-state index contributed by atoms with van der Waals surface area (Å²) in [5, 5.41) is 28.7. The number of nitrogens with two attached hydrogens (primary N) is 1. The summed E-state index contributed by atoms with van der Waals surface area (Å²) in [6.07, 6.45) is 9.72. The fraction of sp³-hybridized carbons (Fsp3) is 0.286. The normalized spacial score (nSPS) is 15.8. The molecule has 1 fully saturated rings. The van der Waals surface area contributed by atoms with E-state index < -0.39 is 6.10 Å². The summed E-state index contributed by atoms with van der Waals surface area (Å²) in [6, 6.07) is 8.53. The van der Waals surface area contributed by atoms with Crippen LogP contribution in [-0.4, -0.2) is 50.1 Å². The minimum Gasteiger partial charge on any atom is -0.484 e. The van der Waals surface area contributed by atoms with Crippen LogP contribution in [0.25, 0.3) is 16.3 Å². The molecule has 1 saturated heterocycles. The van der Waals surface area contributed by atoms with Crippen LogP contribution < -0.4 is 10.6 Å². The number of pyridine rings is 2. The van der Waals surface area contributed by atoms with Crippen LogP contribution in [0, 0.1) is 28.6 Å². The van der Waals surface area contributed by atoms with E-state index in [4.69, 9.17) is 20.8 Å². The lowest BCUT2D eigenvalue weighted by Crippen LogP contribution is -2.32. The Morgan fingerprint density at radius 1 is 1.21 bits per heavy atom. The van der Waals surface area contributed by atoms with E-state index >= 15 is 0 Å². The summed E-state index contributed by atoms with van der Waals surface area (Å²) in [6.45, 7) is 5.04. The van der Waals surface area contributed by atoms with E-state index in [1.807, 2.05) is 13.8 Å². The van der Waals surface area contributed by atoms with Crippen LogP contribution >= 0.6 is 0 Å². The number of hydrogen-bond donors (Lipinski definition) is 1. The van der Waals surface area contributed by atoms with Crippen molar-refractivity contribution in [2.75, 3.05) is 13.1 Å². The first-order valence-corrected chi connectivity index (χ1v) is 12.5. The van der Waals surface area contributed by atoms with Crippen molar-refractivity contribution in [3.63, 3.8) is 0 Å². The Kier molecular flexibility index (Phi) is 7.06. The second-order valence-electron chi connectivity index (χ2n) is 9.42. The molecule has 39 heavy (non-hydrogen) atoms. The summed E-state index contributed by atoms with van der Waals surface area (Å²) in [5.74, 6) is 5.90. The topological polar surface area (TPSA) is 141 Å². The maximum atomic E-state index is 13.8. The van der Waals surface area contributed by atoms with E-state index in [1.165, 1.54) is 18.3 Å². The van der Waals surface area contributed by atoms with Gasteiger partial charge in [-0.25, -0.2) is 8.91 Å². The van der Waals surface area contributed by atoms with Gasteiger partial charge in [-0.1, -0.05) is 6.07 Å². The lowest BCUT2D eigenvalue weighted by Gasteiger charge is -2.26. The van der Waals surface area contributed by atoms with E-state index in [0.29, 0.717) is 52.3 Å². The molecule has 11 heteroatoms. The molecule has 0 bridgehead atoms. The zero-order chi connectivity index (χ0) is 27.5. The fourth-order valence-corrected chi connectivity index (χ4v) is 4.94. The molecule has 1 aliphatic heterocycles. The summed E-state index contributed by atoms with van der Waals surface area (Å²) < 4.78 is 21.8. The molecular formula is C28H26FN9O. The zero-order valence-electron chi connectivity index (χ0n) is 21.5. The smallest absolute Gasteiger partial charge is 0.179 e. The summed E-state index contributed by atoms with van der Waals surface area (Å²) >= 11 is 0. The van der Waals surface area contributed by atoms with Gasteiger partial charge < -0.3 is 15.5 Å². The average Bonchev–Trinajstić information content (AvgIpc) is 3.37. The average molecular weight is 524 g/mol. The van der Waals surface area contributed by atoms with Gasteiger partial charge in [0.15, 0.2) is 6.19 Å². The number of benzene rings is 1. The molecule has 0 radical (unpaired) electrons. The predicted octanol–water partition coefficient (Wildman–Crippen LogP) is 4.10. The van der Waals surface area contributed by atoms with E-state index in [9.17, 15) is 9.65 Å². The van der Waals surface area contributed by atoms with Crippen molar-refractivity contribution in [2.45, 2.75) is 38.8 Å². The van der Waals surface area contributed by atoms with Crippen LogP contribution in [0.2, 0.25) is 0 Å². The molecule has 4 heterocycles. The third kappa shape index (κ3) is 5.07. The molecule has 2 N–H and O–H groups in total. The first kappa shape index (κ1) is 25.6. The number of fused-ring (bicyclic) bond motifs is 2. The number of nitriles is 2. The van der Waals surface area contributed by atoms with Crippen LogP contribution in [0.5, 0.6) is 5.75 Å². The molecule has 0 saturated carbocycles. The van der Waals surface area contributed by atoms with Crippen molar-refractivity contribution >= 4 is 27.7 Å². The van der Waals surface area contributed by atoms with Gasteiger partial charge in [-0.2, -0.15) is 20.7 Å². The molecule has 10 nitrogen and oxygen atoms in total. The molecule has 1 aliphatic rings. The van der Waals surface area contributed by atoms with Gasteiger partial charge in [0.05, 0.1) is 18.0 Å². The van der Waals surface area contributed by atoms with Crippen molar-refractivity contribution < 1.29 is 9.13 Å². The van der Waals surface area contributed by atoms with Crippen LogP contribution in [0.4, 0.5) is 4.39 Å². The summed E-state index contributed by atoms with van der Waals surface area (Å²) in [4.78, 5) is 10.8. The van der Waals surface area contributed by atoms with E-state index in [-0.39, 0.29) is 11.9 Å². The number of piperidine rings is 1. The molecule has 3 aromatic heterocycles. The number of hydrogen-bond acceptors (Lipinski definition) is 9. The SMILES string of the molecule is CC(=NC1CCN(C#N)CC1)/C(=N\N)c1cc(OC(C)c2cncc3cc(F)ccc23)c2c(C#N)cnn2c1. The number of aromatic nitrogens is 3. The first-order chi connectivity index (χ1) is 18.9. The summed E-state index contributed by atoms with van der Waals surface area (Å²) in [7, 11) is 0. The number of rotatable bonds is 6. The highest BCUT2D eigenvalue weighted by molar-refractivity contribution is 6.47. The highest BCUT2D eigenvalue weighted by atomic mass is 19.1. The number of aliphatic imine (C=N–C) groups is 1. The third-order valence-electron chi connectivity index (χ3n) is 6.92. The molecule has 1 unspecified atom stereocenters. The van der Waals surface area contributed by atoms with Gasteiger partial charge in [0.2, 0.25) is 0 Å². The van der Waals surface area contributed by atoms with Gasteiger partial charge in [-0.05, 0) is 50.3 Å². The van der Waals surface area contributed by atoms with Gasteiger partial charge in [-0.15, -0.1) is 0 Å². The Morgan fingerprint density at radius 3 is 2.72 bits per heavy atom. The molecule has 0 spiro atoms. The quantitative estimate of drug-likeness (QED) is 0.174. The largest absolute Gasteiger partial charge is 0.484 e. The van der Waals surface area contributed by atoms with Gasteiger partial charge in [0, 0.05) is 48.2 Å². The molecular weight excluding hydrogens is 497 g/mol. The van der Waals surface area contributed by atoms with Gasteiger partial charge in [0.1, 0.15) is 40.5 Å². The van der Waals surface area contributed by atoms with Crippen molar-refractivity contribution in [3.8, 4) is 18.0 Å². The molecule has 196 valence electrons. The van der Waals surface area contributed by atoms with Crippen LogP contribution in [-0.2, 0) is 0 Å². The number of likely N-dealkylation sites (tertiary alicyclic amines) is 1. The molecule has 1 aromatic carbocycles. The third-order valence-corrected chi connectivity index (χ3v) is 6.92. The number of halogens is 1. The molecule has 1 atom stereocenters. The Bertz CT molecular complexity index is 1690. The maximum Gasteiger partial charge on any atom is 0.179 e. The standard InChI is InChI=1S/C28H26FN9O/c1-17(35-23-5-7-37(16-31)8-6-23)27(36-32)20-10-26(28-21(11-30)13-34-38(28)15-20)39-18(2)25-14-33-12-19-9-22(29)3-4-24(19)25/h3-4,9-10,12-15,18,23H,5-8,32H2,1-2H3/b35-17?,36-27+. The highest BCUT2D eigenvalue weighted by Gasteiger charge is 2.22. The Hall–Kier alpha value is -5.03. The Labute approximate surface area is 224 Å². The second-order valence-corrected chi connectivity index (χ2v) is 9.42. The minimum atomic E-state index is -0.495. The Balaban J connectivity index is 1.52. The van der Waals surface area contributed by atoms with Crippen molar-refractivity contribution in [1.82, 2.24) is 19.5 Å². The van der Waals surface area contributed by atoms with Gasteiger partial charge in [0.25, 0.3) is 0 Å². The fourth-order valence-electron chi connectivity index (χ4n) is 4.94. The summed E-state index contributed by atoms with van der Waals surface area (Å²) in [5.41, 5.74) is 3.36. The number of ether oxygens (including phenoxy) is 1. The maximum absolute atomic E-state index is 13.8.